The number of allylic oxidation sites excluding steroid dienone is 1. The summed E-state index contributed by atoms with van der Waals surface area (Å²) in [5.41, 5.74) is 3.83. The molecule has 2 rings (SSSR count). The molecule has 0 aliphatic rings. The molecule has 0 aliphatic carbocycles. The number of fused-ring (bicyclic) bond motifs is 1. The number of nitrogens with two attached hydrogens (primary N) is 2. The fourth-order valence-electron chi connectivity index (χ4n) is 2.30. The van der Waals surface area contributed by atoms with Crippen molar-refractivity contribution < 1.29 is 22.7 Å². The molecule has 140 valence electrons. The number of hydrazine groups is 1. The number of nitrogens with zero attached hydrogens (tertiary/aromatic N) is 2. The van der Waals surface area contributed by atoms with Gasteiger partial charge in [-0.3, -0.25) is 4.98 Å². The van der Waals surface area contributed by atoms with Crippen LogP contribution in [0.1, 0.15) is 12.5 Å². The average Bonchev–Trinajstić information content (AvgIpc) is 2.53. The molecule has 0 aliphatic heterocycles. The van der Waals surface area contributed by atoms with Gasteiger partial charge in [-0.2, -0.15) is 13.2 Å². The Labute approximate surface area is 152 Å². The summed E-state index contributed by atoms with van der Waals surface area (Å²) in [6.45, 7) is 0.984. The van der Waals surface area contributed by atoms with E-state index in [1.54, 1.807) is 24.3 Å². The number of pyridine rings is 1. The van der Waals surface area contributed by atoms with Crippen LogP contribution >= 0.6 is 11.6 Å². The van der Waals surface area contributed by atoms with Gasteiger partial charge in [-0.05, 0) is 30.7 Å². The lowest BCUT2D eigenvalue weighted by molar-refractivity contribution is -0.141. The molecule has 2 aromatic rings. The minimum Gasteiger partial charge on any atom is -0.461 e. The number of aromatic nitrogens is 1. The maximum atomic E-state index is 13.3. The van der Waals surface area contributed by atoms with Gasteiger partial charge in [0.25, 0.3) is 0 Å². The molecule has 0 amide bonds. The third-order valence-corrected chi connectivity index (χ3v) is 3.58. The fraction of sp³-hybridized carbons (Fsp3) is 0.250. The Morgan fingerprint density at radius 3 is 2.65 bits per heavy atom. The average molecular weight is 389 g/mol. The van der Waals surface area contributed by atoms with Crippen molar-refractivity contribution in [3.8, 4) is 0 Å². The minimum atomic E-state index is -4.94. The Kier molecular flexibility index (Phi) is 5.94. The molecule has 0 saturated carbocycles. The van der Waals surface area contributed by atoms with E-state index in [4.69, 9.17) is 23.2 Å². The molecule has 1 aromatic carbocycles. The highest BCUT2D eigenvalue weighted by molar-refractivity contribution is 6.31. The molecule has 0 unspecified atom stereocenters. The molecule has 6 nitrogen and oxygen atoms in total. The zero-order valence-electron chi connectivity index (χ0n) is 13.7. The molecular formula is C16H16ClF3N4O2. The van der Waals surface area contributed by atoms with Crippen LogP contribution in [0.3, 0.4) is 0 Å². The third-order valence-electron chi connectivity index (χ3n) is 3.37. The van der Waals surface area contributed by atoms with Crippen molar-refractivity contribution in [1.29, 1.82) is 0 Å². The number of carbonyl (C=O) groups excluding carboxylic acids is 1. The first kappa shape index (κ1) is 19.8. The number of hydrogen-bond donors (Lipinski definition) is 2. The summed E-state index contributed by atoms with van der Waals surface area (Å²) in [6.07, 6.45) is -3.48. The van der Waals surface area contributed by atoms with Gasteiger partial charge in [-0.25, -0.2) is 10.6 Å². The number of ether oxygens (including phenoxy) is 1. The van der Waals surface area contributed by atoms with E-state index >= 15 is 0 Å². The van der Waals surface area contributed by atoms with Crippen LogP contribution in [-0.2, 0) is 16.1 Å². The van der Waals surface area contributed by atoms with E-state index in [-0.39, 0.29) is 13.2 Å². The van der Waals surface area contributed by atoms with Crippen LogP contribution in [0.5, 0.6) is 0 Å². The van der Waals surface area contributed by atoms with Gasteiger partial charge in [-0.15, -0.1) is 0 Å². The SMILES string of the molecule is CCOC(=O)/C(N)=C(/N(N)Cc1ccc2ncc(Cl)cc2c1)C(F)(F)F. The predicted molar refractivity (Wildman–Crippen MR) is 90.4 cm³/mol. The number of benzene rings is 1. The van der Waals surface area contributed by atoms with Crippen molar-refractivity contribution in [2.75, 3.05) is 6.61 Å². The highest BCUT2D eigenvalue weighted by Crippen LogP contribution is 2.30. The van der Waals surface area contributed by atoms with E-state index in [2.05, 4.69) is 9.72 Å². The molecule has 0 bridgehead atoms. The number of halogens is 4. The lowest BCUT2D eigenvalue weighted by atomic mass is 10.1. The van der Waals surface area contributed by atoms with Gasteiger partial charge < -0.3 is 15.5 Å². The van der Waals surface area contributed by atoms with Crippen LogP contribution in [0, 0.1) is 0 Å². The summed E-state index contributed by atoms with van der Waals surface area (Å²) in [6, 6.07) is 6.42. The summed E-state index contributed by atoms with van der Waals surface area (Å²) in [4.78, 5) is 15.7. The van der Waals surface area contributed by atoms with E-state index in [0.717, 1.165) is 0 Å². The van der Waals surface area contributed by atoms with Crippen LogP contribution in [0.2, 0.25) is 5.02 Å². The first-order valence-corrected chi connectivity index (χ1v) is 7.81. The van der Waals surface area contributed by atoms with Crippen molar-refractivity contribution >= 4 is 28.5 Å². The second-order valence-electron chi connectivity index (χ2n) is 5.29. The monoisotopic (exact) mass is 388 g/mol. The number of alkyl halides is 3. The second kappa shape index (κ2) is 7.79. The molecule has 0 radical (unpaired) electrons. The standard InChI is InChI=1S/C16H16ClF3N4O2/c1-2-26-15(25)13(21)14(16(18,19)20)24(22)8-9-3-4-12-10(5-9)6-11(17)7-23-12/h3-7H,2,8,21-22H2,1H3/b14-13-. The van der Waals surface area contributed by atoms with E-state index in [1.165, 1.54) is 13.1 Å². The second-order valence-corrected chi connectivity index (χ2v) is 5.73. The quantitative estimate of drug-likeness (QED) is 0.354. The molecule has 4 N–H and O–H groups in total. The number of carbonyl (C=O) groups is 1. The summed E-state index contributed by atoms with van der Waals surface area (Å²) in [7, 11) is 0. The molecule has 0 saturated heterocycles. The van der Waals surface area contributed by atoms with Gasteiger partial charge in [0.15, 0.2) is 5.70 Å². The highest BCUT2D eigenvalue weighted by atomic mass is 35.5. The van der Waals surface area contributed by atoms with E-state index in [9.17, 15) is 18.0 Å². The van der Waals surface area contributed by atoms with Crippen LogP contribution in [0.25, 0.3) is 10.9 Å². The molecule has 26 heavy (non-hydrogen) atoms. The van der Waals surface area contributed by atoms with Crippen LogP contribution < -0.4 is 11.6 Å². The number of rotatable bonds is 5. The number of esters is 1. The van der Waals surface area contributed by atoms with E-state index < -0.39 is 23.5 Å². The smallest absolute Gasteiger partial charge is 0.434 e. The van der Waals surface area contributed by atoms with Crippen molar-refractivity contribution in [3.63, 3.8) is 0 Å². The van der Waals surface area contributed by atoms with Gasteiger partial charge in [0.2, 0.25) is 0 Å². The fourth-order valence-corrected chi connectivity index (χ4v) is 2.47. The zero-order chi connectivity index (χ0) is 19.5. The molecule has 10 heteroatoms. The van der Waals surface area contributed by atoms with Gasteiger partial charge in [0.05, 0.1) is 23.7 Å². The van der Waals surface area contributed by atoms with Crippen LogP contribution in [0.4, 0.5) is 13.2 Å². The van der Waals surface area contributed by atoms with Gasteiger partial charge in [0.1, 0.15) is 5.70 Å². The topological polar surface area (TPSA) is 94.5 Å². The molecular weight excluding hydrogens is 373 g/mol. The van der Waals surface area contributed by atoms with Crippen LogP contribution in [-0.4, -0.2) is 28.7 Å². The Morgan fingerprint density at radius 1 is 1.35 bits per heavy atom. The van der Waals surface area contributed by atoms with Gasteiger partial charge >= 0.3 is 12.1 Å². The molecule has 0 spiro atoms. The maximum absolute atomic E-state index is 13.3. The Hall–Kier alpha value is -2.52. The van der Waals surface area contributed by atoms with E-state index in [1.807, 2.05) is 0 Å². The maximum Gasteiger partial charge on any atom is 0.434 e. The Bertz CT molecular complexity index is 855. The van der Waals surface area contributed by atoms with Crippen LogP contribution in [0.15, 0.2) is 41.9 Å². The normalized spacial score (nSPS) is 12.7. The van der Waals surface area contributed by atoms with Crippen molar-refractivity contribution in [1.82, 2.24) is 9.99 Å². The molecule has 1 aromatic heterocycles. The summed E-state index contributed by atoms with van der Waals surface area (Å²) < 4.78 is 44.5. The van der Waals surface area contributed by atoms with E-state index in [0.29, 0.717) is 26.5 Å². The third kappa shape index (κ3) is 4.55. The highest BCUT2D eigenvalue weighted by Gasteiger charge is 2.41. The lowest BCUT2D eigenvalue weighted by Gasteiger charge is -2.25. The van der Waals surface area contributed by atoms with Crippen molar-refractivity contribution in [2.24, 2.45) is 11.6 Å². The first-order valence-electron chi connectivity index (χ1n) is 7.44. The molecule has 1 heterocycles. The van der Waals surface area contributed by atoms with Gasteiger partial charge in [0, 0.05) is 11.6 Å². The Balaban J connectivity index is 2.36. The summed E-state index contributed by atoms with van der Waals surface area (Å²) >= 11 is 5.87. The first-order chi connectivity index (χ1) is 12.1. The van der Waals surface area contributed by atoms with Crippen molar-refractivity contribution in [2.45, 2.75) is 19.6 Å². The summed E-state index contributed by atoms with van der Waals surface area (Å²) in [5.74, 6) is 4.28. The predicted octanol–water partition coefficient (Wildman–Crippen LogP) is 2.86. The molecule has 0 fully saturated rings. The zero-order valence-corrected chi connectivity index (χ0v) is 14.4. The number of hydrogen-bond acceptors (Lipinski definition) is 6. The summed E-state index contributed by atoms with van der Waals surface area (Å²) in [5, 5.41) is 1.40. The molecule has 0 atom stereocenters. The lowest BCUT2D eigenvalue weighted by Crippen LogP contribution is -2.40. The Morgan fingerprint density at radius 2 is 2.04 bits per heavy atom. The largest absolute Gasteiger partial charge is 0.461 e. The van der Waals surface area contributed by atoms with Crippen molar-refractivity contribution in [3.05, 3.63) is 52.4 Å². The van der Waals surface area contributed by atoms with Gasteiger partial charge in [-0.1, -0.05) is 17.7 Å². The minimum absolute atomic E-state index is 0.117.